The highest BCUT2D eigenvalue weighted by molar-refractivity contribution is 5.62. The minimum Gasteiger partial charge on any atom is -0.337 e. The molecule has 3 rings (SSSR count). The van der Waals surface area contributed by atoms with Crippen LogP contribution in [0, 0.1) is 5.82 Å². The molecule has 0 saturated carbocycles. The van der Waals surface area contributed by atoms with Gasteiger partial charge in [0.1, 0.15) is 5.82 Å². The van der Waals surface area contributed by atoms with Crippen LogP contribution in [0.2, 0.25) is 0 Å². The van der Waals surface area contributed by atoms with E-state index in [0.29, 0.717) is 5.92 Å². The van der Waals surface area contributed by atoms with Gasteiger partial charge in [-0.2, -0.15) is 0 Å². The van der Waals surface area contributed by atoms with Crippen LogP contribution < -0.4 is 5.32 Å². The molecular weight excluding hydrogens is 241 g/mol. The Balaban J connectivity index is 2.02. The number of nitrogens with one attached hydrogen (secondary N) is 1. The first-order valence-corrected chi connectivity index (χ1v) is 6.73. The van der Waals surface area contributed by atoms with Gasteiger partial charge in [0.05, 0.1) is 12.0 Å². The molecule has 2 aromatic rings. The van der Waals surface area contributed by atoms with E-state index in [2.05, 4.69) is 14.9 Å². The molecule has 0 radical (unpaired) electrons. The number of hydrogen-bond donors (Lipinski definition) is 1. The summed E-state index contributed by atoms with van der Waals surface area (Å²) < 4.78 is 15.5. The second-order valence-corrected chi connectivity index (χ2v) is 5.12. The fraction of sp³-hybridized carbons (Fsp3) is 0.400. The second kappa shape index (κ2) is 5.13. The number of rotatable bonds is 2. The highest BCUT2D eigenvalue weighted by Crippen LogP contribution is 2.32. The van der Waals surface area contributed by atoms with Crippen molar-refractivity contribution < 1.29 is 4.39 Å². The first-order chi connectivity index (χ1) is 9.25. The Morgan fingerprint density at radius 3 is 2.84 bits per heavy atom. The SMILES string of the molecule is Cn1cnc(-c2cccc(F)c2)c1C1CCNCC1. The number of hydrogen-bond acceptors (Lipinski definition) is 2. The molecule has 3 nitrogen and oxygen atoms in total. The molecular formula is C15H18FN3. The summed E-state index contributed by atoms with van der Waals surface area (Å²) in [6.45, 7) is 2.08. The number of aromatic nitrogens is 2. The molecule has 0 unspecified atom stereocenters. The summed E-state index contributed by atoms with van der Waals surface area (Å²) in [5, 5.41) is 3.37. The van der Waals surface area contributed by atoms with Gasteiger partial charge in [-0.1, -0.05) is 12.1 Å². The molecule has 0 aliphatic carbocycles. The maximum absolute atomic E-state index is 13.4. The van der Waals surface area contributed by atoms with Crippen molar-refractivity contribution in [3.8, 4) is 11.3 Å². The van der Waals surface area contributed by atoms with E-state index in [1.807, 2.05) is 19.4 Å². The largest absolute Gasteiger partial charge is 0.337 e. The van der Waals surface area contributed by atoms with Crippen LogP contribution >= 0.6 is 0 Å². The standard InChI is InChI=1S/C15H18FN3/c1-19-10-18-14(12-3-2-4-13(16)9-12)15(19)11-5-7-17-8-6-11/h2-4,9-11,17H,5-8H2,1H3. The molecule has 0 bridgehead atoms. The fourth-order valence-electron chi connectivity index (χ4n) is 2.87. The van der Waals surface area contributed by atoms with Gasteiger partial charge >= 0.3 is 0 Å². The van der Waals surface area contributed by atoms with Crippen LogP contribution in [0.1, 0.15) is 24.5 Å². The summed E-state index contributed by atoms with van der Waals surface area (Å²) in [4.78, 5) is 4.48. The first kappa shape index (κ1) is 12.4. The van der Waals surface area contributed by atoms with E-state index in [1.54, 1.807) is 12.1 Å². The Bertz CT molecular complexity index is 571. The van der Waals surface area contributed by atoms with E-state index < -0.39 is 0 Å². The zero-order chi connectivity index (χ0) is 13.2. The molecule has 0 spiro atoms. The van der Waals surface area contributed by atoms with Crippen LogP contribution in [0.15, 0.2) is 30.6 Å². The molecule has 4 heteroatoms. The Hall–Kier alpha value is -1.68. The summed E-state index contributed by atoms with van der Waals surface area (Å²) in [5.74, 6) is 0.298. The molecule has 100 valence electrons. The lowest BCUT2D eigenvalue weighted by Crippen LogP contribution is -2.27. The van der Waals surface area contributed by atoms with Gasteiger partial charge in [-0.15, -0.1) is 0 Å². The molecule has 19 heavy (non-hydrogen) atoms. The average molecular weight is 259 g/mol. The van der Waals surface area contributed by atoms with E-state index in [-0.39, 0.29) is 5.82 Å². The summed E-state index contributed by atoms with van der Waals surface area (Å²) in [7, 11) is 2.02. The van der Waals surface area contributed by atoms with E-state index in [0.717, 1.165) is 37.2 Å². The predicted molar refractivity (Wildman–Crippen MR) is 73.4 cm³/mol. The Kier molecular flexibility index (Phi) is 3.34. The van der Waals surface area contributed by atoms with Crippen LogP contribution in [0.4, 0.5) is 4.39 Å². The van der Waals surface area contributed by atoms with Gasteiger partial charge in [-0.3, -0.25) is 0 Å². The smallest absolute Gasteiger partial charge is 0.123 e. The third-order valence-corrected chi connectivity index (χ3v) is 3.81. The molecule has 1 aliphatic heterocycles. The summed E-state index contributed by atoms with van der Waals surface area (Å²) >= 11 is 0. The maximum atomic E-state index is 13.4. The fourth-order valence-corrected chi connectivity index (χ4v) is 2.87. The molecule has 2 heterocycles. The van der Waals surface area contributed by atoms with Crippen molar-refractivity contribution in [3.63, 3.8) is 0 Å². The van der Waals surface area contributed by atoms with Gasteiger partial charge in [0.2, 0.25) is 0 Å². The lowest BCUT2D eigenvalue weighted by molar-refractivity contribution is 0.446. The molecule has 1 aliphatic rings. The number of imidazole rings is 1. The Morgan fingerprint density at radius 1 is 1.32 bits per heavy atom. The normalized spacial score (nSPS) is 16.7. The number of benzene rings is 1. The summed E-state index contributed by atoms with van der Waals surface area (Å²) in [6, 6.07) is 6.70. The quantitative estimate of drug-likeness (QED) is 0.898. The van der Waals surface area contributed by atoms with E-state index >= 15 is 0 Å². The predicted octanol–water partition coefficient (Wildman–Crippen LogP) is 2.69. The minimum atomic E-state index is -0.209. The van der Waals surface area contributed by atoms with Gasteiger partial charge in [-0.25, -0.2) is 9.37 Å². The number of nitrogens with zero attached hydrogens (tertiary/aromatic N) is 2. The van der Waals surface area contributed by atoms with Crippen LogP contribution in [0.25, 0.3) is 11.3 Å². The zero-order valence-electron chi connectivity index (χ0n) is 11.1. The highest BCUT2D eigenvalue weighted by atomic mass is 19.1. The van der Waals surface area contributed by atoms with Gasteiger partial charge in [0.25, 0.3) is 0 Å². The lowest BCUT2D eigenvalue weighted by atomic mass is 9.91. The Morgan fingerprint density at radius 2 is 2.11 bits per heavy atom. The van der Waals surface area contributed by atoms with Gasteiger partial charge in [0, 0.05) is 24.2 Å². The third kappa shape index (κ3) is 2.40. The molecule has 1 saturated heterocycles. The van der Waals surface area contributed by atoms with Gasteiger partial charge < -0.3 is 9.88 Å². The second-order valence-electron chi connectivity index (χ2n) is 5.12. The lowest BCUT2D eigenvalue weighted by Gasteiger charge is -2.24. The van der Waals surface area contributed by atoms with Crippen molar-refractivity contribution in [1.29, 1.82) is 0 Å². The van der Waals surface area contributed by atoms with Crippen molar-refractivity contribution in [2.24, 2.45) is 7.05 Å². The topological polar surface area (TPSA) is 29.9 Å². The monoisotopic (exact) mass is 259 g/mol. The van der Waals surface area contributed by atoms with E-state index in [9.17, 15) is 4.39 Å². The molecule has 1 fully saturated rings. The van der Waals surface area contributed by atoms with Crippen molar-refractivity contribution in [1.82, 2.24) is 14.9 Å². The molecule has 1 aromatic heterocycles. The van der Waals surface area contributed by atoms with Crippen LogP contribution in [0.5, 0.6) is 0 Å². The summed E-state index contributed by atoms with van der Waals surface area (Å²) in [6.07, 6.45) is 4.06. The average Bonchev–Trinajstić information content (AvgIpc) is 2.82. The van der Waals surface area contributed by atoms with E-state index in [1.165, 1.54) is 11.8 Å². The summed E-state index contributed by atoms with van der Waals surface area (Å²) in [5.41, 5.74) is 3.02. The van der Waals surface area contributed by atoms with Crippen LogP contribution in [0.3, 0.4) is 0 Å². The molecule has 0 atom stereocenters. The van der Waals surface area contributed by atoms with Crippen LogP contribution in [-0.4, -0.2) is 22.6 Å². The maximum Gasteiger partial charge on any atom is 0.123 e. The van der Waals surface area contributed by atoms with Crippen molar-refractivity contribution >= 4 is 0 Å². The van der Waals surface area contributed by atoms with E-state index in [4.69, 9.17) is 0 Å². The molecule has 1 N–H and O–H groups in total. The third-order valence-electron chi connectivity index (χ3n) is 3.81. The van der Waals surface area contributed by atoms with Crippen molar-refractivity contribution in [2.75, 3.05) is 13.1 Å². The molecule has 1 aromatic carbocycles. The Labute approximate surface area is 112 Å². The van der Waals surface area contributed by atoms with Crippen LogP contribution in [-0.2, 0) is 7.05 Å². The zero-order valence-corrected chi connectivity index (χ0v) is 11.1. The number of piperidine rings is 1. The van der Waals surface area contributed by atoms with Crippen molar-refractivity contribution in [3.05, 3.63) is 42.1 Å². The minimum absolute atomic E-state index is 0.209. The number of aryl methyl sites for hydroxylation is 1. The van der Waals surface area contributed by atoms with Gasteiger partial charge in [-0.05, 0) is 38.1 Å². The van der Waals surface area contributed by atoms with Crippen molar-refractivity contribution in [2.45, 2.75) is 18.8 Å². The molecule has 0 amide bonds. The highest BCUT2D eigenvalue weighted by Gasteiger charge is 2.22. The number of halogens is 1. The van der Waals surface area contributed by atoms with Gasteiger partial charge in [0.15, 0.2) is 0 Å². The first-order valence-electron chi connectivity index (χ1n) is 6.73.